The van der Waals surface area contributed by atoms with Crippen LogP contribution in [0.2, 0.25) is 10.0 Å². The standard InChI is InChI=1S/C17H15ClN2O.C11H10ClN/c1-10-7-13-16(8-11(10)2)20-6-5-17(13)21-12-3-4-15(19)14(18)9-12;1-7-5-9-10(12)3-4-13-11(9)6-8(7)2/h3-9H,19H2,1-2H3;3-6H,1-2H3. The molecule has 0 atom stereocenters. The van der Waals surface area contributed by atoms with Crippen LogP contribution in [-0.2, 0) is 0 Å². The lowest BCUT2D eigenvalue weighted by atomic mass is 10.1. The van der Waals surface area contributed by atoms with Crippen LogP contribution in [-0.4, -0.2) is 9.97 Å². The number of aromatic nitrogens is 2. The third-order valence-electron chi connectivity index (χ3n) is 5.82. The highest BCUT2D eigenvalue weighted by atomic mass is 35.5. The summed E-state index contributed by atoms with van der Waals surface area (Å²) in [6.07, 6.45) is 3.48. The van der Waals surface area contributed by atoms with Crippen molar-refractivity contribution < 1.29 is 4.74 Å². The van der Waals surface area contributed by atoms with E-state index in [1.54, 1.807) is 30.6 Å². The van der Waals surface area contributed by atoms with Crippen LogP contribution in [0.4, 0.5) is 5.69 Å². The predicted octanol–water partition coefficient (Wildman–Crippen LogP) is 8.38. The Labute approximate surface area is 209 Å². The number of halogens is 2. The number of hydrogen-bond acceptors (Lipinski definition) is 4. The number of nitrogens with zero attached hydrogens (tertiary/aromatic N) is 2. The van der Waals surface area contributed by atoms with Crippen LogP contribution in [0.5, 0.6) is 11.5 Å². The molecule has 0 aliphatic heterocycles. The van der Waals surface area contributed by atoms with Crippen LogP contribution in [0.3, 0.4) is 0 Å². The molecule has 2 aromatic heterocycles. The molecule has 0 saturated carbocycles. The monoisotopic (exact) mass is 489 g/mol. The molecule has 6 heteroatoms. The fourth-order valence-corrected chi connectivity index (χ4v) is 3.92. The summed E-state index contributed by atoms with van der Waals surface area (Å²) in [5, 5.41) is 3.27. The number of pyridine rings is 2. The van der Waals surface area contributed by atoms with E-state index in [-0.39, 0.29) is 0 Å². The number of nitrogen functional groups attached to an aromatic ring is 1. The second kappa shape index (κ2) is 9.88. The predicted molar refractivity (Wildman–Crippen MR) is 143 cm³/mol. The van der Waals surface area contributed by atoms with Gasteiger partial charge in [0.05, 0.1) is 26.8 Å². The number of ether oxygens (including phenoxy) is 1. The highest BCUT2D eigenvalue weighted by molar-refractivity contribution is 6.35. The van der Waals surface area contributed by atoms with Gasteiger partial charge in [-0.3, -0.25) is 9.97 Å². The molecule has 4 nitrogen and oxygen atoms in total. The van der Waals surface area contributed by atoms with Gasteiger partial charge in [0.25, 0.3) is 0 Å². The van der Waals surface area contributed by atoms with Crippen molar-refractivity contribution in [3.63, 3.8) is 0 Å². The molecule has 2 heterocycles. The Balaban J connectivity index is 0.000000180. The fourth-order valence-electron chi connectivity index (χ4n) is 3.54. The number of fused-ring (bicyclic) bond motifs is 2. The Hall–Kier alpha value is -3.34. The van der Waals surface area contributed by atoms with Crippen molar-refractivity contribution in [2.24, 2.45) is 0 Å². The Kier molecular flexibility index (Phi) is 6.92. The second-order valence-electron chi connectivity index (χ2n) is 8.29. The van der Waals surface area contributed by atoms with E-state index in [0.29, 0.717) is 16.5 Å². The van der Waals surface area contributed by atoms with Crippen molar-refractivity contribution in [3.05, 3.63) is 99.3 Å². The highest BCUT2D eigenvalue weighted by Gasteiger charge is 2.08. The van der Waals surface area contributed by atoms with Crippen molar-refractivity contribution in [1.29, 1.82) is 0 Å². The zero-order chi connectivity index (χ0) is 24.4. The van der Waals surface area contributed by atoms with Crippen molar-refractivity contribution in [2.75, 3.05) is 5.73 Å². The molecular weight excluding hydrogens is 465 g/mol. The van der Waals surface area contributed by atoms with Crippen molar-refractivity contribution in [3.8, 4) is 11.5 Å². The lowest BCUT2D eigenvalue weighted by molar-refractivity contribution is 0.488. The van der Waals surface area contributed by atoms with E-state index in [0.717, 1.165) is 32.6 Å². The molecular formula is C28H25Cl2N3O. The van der Waals surface area contributed by atoms with Gasteiger partial charge in [0.15, 0.2) is 0 Å². The molecule has 0 fully saturated rings. The molecule has 0 amide bonds. The smallest absolute Gasteiger partial charge is 0.138 e. The van der Waals surface area contributed by atoms with Crippen LogP contribution >= 0.6 is 23.2 Å². The maximum absolute atomic E-state index is 6.04. The van der Waals surface area contributed by atoms with Gasteiger partial charge in [-0.05, 0) is 98.5 Å². The molecule has 0 radical (unpaired) electrons. The number of rotatable bonds is 2. The quantitative estimate of drug-likeness (QED) is 0.253. The Morgan fingerprint density at radius 2 is 1.21 bits per heavy atom. The largest absolute Gasteiger partial charge is 0.457 e. The van der Waals surface area contributed by atoms with Crippen molar-refractivity contribution >= 4 is 50.7 Å². The average Bonchev–Trinajstić information content (AvgIpc) is 2.80. The van der Waals surface area contributed by atoms with Crippen LogP contribution < -0.4 is 10.5 Å². The number of nitrogens with two attached hydrogens (primary N) is 1. The zero-order valence-electron chi connectivity index (χ0n) is 19.5. The van der Waals surface area contributed by atoms with Gasteiger partial charge in [-0.15, -0.1) is 0 Å². The van der Waals surface area contributed by atoms with Crippen LogP contribution in [0.25, 0.3) is 21.8 Å². The molecule has 5 aromatic rings. The van der Waals surface area contributed by atoms with Gasteiger partial charge in [0, 0.05) is 29.2 Å². The first-order chi connectivity index (χ1) is 16.2. The fraction of sp³-hybridized carbons (Fsp3) is 0.143. The van der Waals surface area contributed by atoms with Crippen LogP contribution in [0, 0.1) is 27.7 Å². The maximum atomic E-state index is 6.04. The van der Waals surface area contributed by atoms with Gasteiger partial charge in [-0.2, -0.15) is 0 Å². The van der Waals surface area contributed by atoms with E-state index in [4.69, 9.17) is 33.7 Å². The second-order valence-corrected chi connectivity index (χ2v) is 9.11. The lowest BCUT2D eigenvalue weighted by Crippen LogP contribution is -1.91. The minimum Gasteiger partial charge on any atom is -0.457 e. The molecule has 0 bridgehead atoms. The van der Waals surface area contributed by atoms with E-state index in [1.807, 2.05) is 12.1 Å². The summed E-state index contributed by atoms with van der Waals surface area (Å²) in [5.41, 5.74) is 13.1. The molecule has 3 aromatic carbocycles. The molecule has 5 rings (SSSR count). The number of hydrogen-bond donors (Lipinski definition) is 1. The van der Waals surface area contributed by atoms with Crippen LogP contribution in [0.1, 0.15) is 22.3 Å². The first kappa shape index (κ1) is 23.8. The number of anilines is 1. The van der Waals surface area contributed by atoms with E-state index in [1.165, 1.54) is 22.3 Å². The minimum absolute atomic E-state index is 0.484. The molecule has 0 saturated heterocycles. The van der Waals surface area contributed by atoms with E-state index >= 15 is 0 Å². The highest BCUT2D eigenvalue weighted by Crippen LogP contribution is 2.33. The molecule has 0 spiro atoms. The number of benzene rings is 3. The van der Waals surface area contributed by atoms with Crippen LogP contribution in [0.15, 0.2) is 67.0 Å². The summed E-state index contributed by atoms with van der Waals surface area (Å²) < 4.78 is 5.94. The van der Waals surface area contributed by atoms with E-state index < -0.39 is 0 Å². The summed E-state index contributed by atoms with van der Waals surface area (Å²) in [7, 11) is 0. The SMILES string of the molecule is Cc1cc2nccc(Cl)c2cc1C.Cc1cc2nccc(Oc3ccc(N)c(Cl)c3)c2cc1C. The summed E-state index contributed by atoms with van der Waals surface area (Å²) >= 11 is 12.1. The van der Waals surface area contributed by atoms with E-state index in [2.05, 4.69) is 61.9 Å². The minimum atomic E-state index is 0.484. The topological polar surface area (TPSA) is 61.0 Å². The normalized spacial score (nSPS) is 10.8. The Morgan fingerprint density at radius 3 is 1.85 bits per heavy atom. The van der Waals surface area contributed by atoms with Gasteiger partial charge < -0.3 is 10.5 Å². The molecule has 172 valence electrons. The molecule has 0 aliphatic rings. The first-order valence-electron chi connectivity index (χ1n) is 10.8. The summed E-state index contributed by atoms with van der Waals surface area (Å²) in [6, 6.07) is 17.2. The Morgan fingerprint density at radius 1 is 0.647 bits per heavy atom. The third-order valence-corrected chi connectivity index (χ3v) is 6.48. The molecule has 34 heavy (non-hydrogen) atoms. The third kappa shape index (κ3) is 5.09. The maximum Gasteiger partial charge on any atom is 0.138 e. The van der Waals surface area contributed by atoms with Gasteiger partial charge in [0.1, 0.15) is 11.5 Å². The van der Waals surface area contributed by atoms with Gasteiger partial charge in [-0.25, -0.2) is 0 Å². The molecule has 2 N–H and O–H groups in total. The van der Waals surface area contributed by atoms with Gasteiger partial charge in [-0.1, -0.05) is 23.2 Å². The van der Waals surface area contributed by atoms with Crippen molar-refractivity contribution in [2.45, 2.75) is 27.7 Å². The van der Waals surface area contributed by atoms with Gasteiger partial charge in [0.2, 0.25) is 0 Å². The first-order valence-corrected chi connectivity index (χ1v) is 11.6. The molecule has 0 unspecified atom stereocenters. The molecule has 0 aliphatic carbocycles. The summed E-state index contributed by atoms with van der Waals surface area (Å²) in [4.78, 5) is 8.65. The average molecular weight is 490 g/mol. The lowest BCUT2D eigenvalue weighted by Gasteiger charge is -2.11. The number of aryl methyl sites for hydroxylation is 4. The summed E-state index contributed by atoms with van der Waals surface area (Å²) in [5.74, 6) is 1.41. The summed E-state index contributed by atoms with van der Waals surface area (Å²) in [6.45, 7) is 8.31. The van der Waals surface area contributed by atoms with Crippen molar-refractivity contribution in [1.82, 2.24) is 9.97 Å². The van der Waals surface area contributed by atoms with E-state index in [9.17, 15) is 0 Å². The van der Waals surface area contributed by atoms with Gasteiger partial charge >= 0.3 is 0 Å². The zero-order valence-corrected chi connectivity index (χ0v) is 21.0. The Bertz CT molecular complexity index is 1520.